The molecule has 0 radical (unpaired) electrons. The van der Waals surface area contributed by atoms with Gasteiger partial charge >= 0.3 is 0 Å². The van der Waals surface area contributed by atoms with Gasteiger partial charge in [0, 0.05) is 5.56 Å². The van der Waals surface area contributed by atoms with Gasteiger partial charge in [0.1, 0.15) is 10.6 Å². The molecule has 0 bridgehead atoms. The summed E-state index contributed by atoms with van der Waals surface area (Å²) >= 11 is 0.992. The standard InChI is InChI=1S/C15H16N4O3S/c1-8(2)12(16-15(21)14-9(3)17-19-23-14)13(20)10-4-6-11(18-22)7-5-10/h4-8,12H,1-3H3,(H,16,21). The maximum Gasteiger partial charge on any atom is 0.265 e. The molecule has 0 aliphatic rings. The zero-order chi connectivity index (χ0) is 17.0. The maximum atomic E-state index is 12.6. The number of ketones is 1. The van der Waals surface area contributed by atoms with Crippen LogP contribution in [0.2, 0.25) is 0 Å². The number of carbonyl (C=O) groups excluding carboxylic acids is 2. The molecular formula is C15H16N4O3S. The van der Waals surface area contributed by atoms with Gasteiger partial charge in [0.05, 0.1) is 11.7 Å². The summed E-state index contributed by atoms with van der Waals surface area (Å²) in [7, 11) is 0. The van der Waals surface area contributed by atoms with Crippen molar-refractivity contribution in [2.75, 3.05) is 0 Å². The molecule has 7 nitrogen and oxygen atoms in total. The molecule has 1 aromatic carbocycles. The van der Waals surface area contributed by atoms with Gasteiger partial charge in [0.15, 0.2) is 5.78 Å². The van der Waals surface area contributed by atoms with E-state index in [4.69, 9.17) is 0 Å². The van der Waals surface area contributed by atoms with Crippen LogP contribution in [0.15, 0.2) is 29.4 Å². The highest BCUT2D eigenvalue weighted by molar-refractivity contribution is 7.08. The Morgan fingerprint density at radius 3 is 2.35 bits per heavy atom. The Labute approximate surface area is 137 Å². The van der Waals surface area contributed by atoms with Gasteiger partial charge < -0.3 is 5.32 Å². The number of benzene rings is 1. The van der Waals surface area contributed by atoms with Gasteiger partial charge in [-0.25, -0.2) is 0 Å². The van der Waals surface area contributed by atoms with Crippen LogP contribution in [0.1, 0.15) is 39.6 Å². The van der Waals surface area contributed by atoms with Crippen LogP contribution in [-0.2, 0) is 0 Å². The van der Waals surface area contributed by atoms with E-state index in [2.05, 4.69) is 20.1 Å². The van der Waals surface area contributed by atoms with Crippen molar-refractivity contribution in [3.8, 4) is 0 Å². The average Bonchev–Trinajstić information content (AvgIpc) is 2.97. The van der Waals surface area contributed by atoms with Crippen molar-refractivity contribution in [1.29, 1.82) is 0 Å². The van der Waals surface area contributed by atoms with E-state index in [0.717, 1.165) is 11.5 Å². The summed E-state index contributed by atoms with van der Waals surface area (Å²) < 4.78 is 3.72. The van der Waals surface area contributed by atoms with Crippen molar-refractivity contribution in [2.24, 2.45) is 11.1 Å². The Hall–Kier alpha value is -2.48. The number of hydrogen-bond acceptors (Lipinski definition) is 7. The highest BCUT2D eigenvalue weighted by atomic mass is 32.1. The SMILES string of the molecule is Cc1nnsc1C(=O)NC(C(=O)c1ccc(N=O)cc1)C(C)C. The summed E-state index contributed by atoms with van der Waals surface area (Å²) in [6.45, 7) is 5.39. The molecule has 1 N–H and O–H groups in total. The number of nitrogens with zero attached hydrogens (tertiary/aromatic N) is 3. The Kier molecular flexibility index (Phi) is 5.28. The van der Waals surface area contributed by atoms with Crippen LogP contribution in [-0.4, -0.2) is 27.3 Å². The van der Waals surface area contributed by atoms with Crippen LogP contribution in [0.4, 0.5) is 5.69 Å². The molecule has 1 unspecified atom stereocenters. The summed E-state index contributed by atoms with van der Waals surface area (Å²) in [6, 6.07) is 5.31. The number of nitrogens with one attached hydrogen (secondary N) is 1. The molecule has 120 valence electrons. The molecule has 1 aromatic heterocycles. The summed E-state index contributed by atoms with van der Waals surface area (Å²) in [5, 5.41) is 9.34. The third-order valence-corrected chi connectivity index (χ3v) is 4.18. The van der Waals surface area contributed by atoms with E-state index < -0.39 is 6.04 Å². The molecule has 23 heavy (non-hydrogen) atoms. The number of hydrogen-bond donors (Lipinski definition) is 1. The van der Waals surface area contributed by atoms with Crippen LogP contribution in [0, 0.1) is 17.7 Å². The maximum absolute atomic E-state index is 12.6. The Morgan fingerprint density at radius 2 is 1.87 bits per heavy atom. The van der Waals surface area contributed by atoms with E-state index in [9.17, 15) is 14.5 Å². The van der Waals surface area contributed by atoms with Gasteiger partial charge in [-0.05, 0) is 53.8 Å². The Bertz CT molecular complexity index is 725. The molecule has 0 saturated carbocycles. The first-order valence-corrected chi connectivity index (χ1v) is 7.78. The zero-order valence-electron chi connectivity index (χ0n) is 12.9. The number of amides is 1. The molecule has 0 spiro atoms. The van der Waals surface area contributed by atoms with Gasteiger partial charge in [-0.3, -0.25) is 9.59 Å². The predicted molar refractivity (Wildman–Crippen MR) is 87.0 cm³/mol. The summed E-state index contributed by atoms with van der Waals surface area (Å²) in [5.41, 5.74) is 1.19. The number of carbonyl (C=O) groups is 2. The van der Waals surface area contributed by atoms with Crippen LogP contribution >= 0.6 is 11.5 Å². The number of rotatable bonds is 6. The van der Waals surface area contributed by atoms with Crippen LogP contribution in [0.3, 0.4) is 0 Å². The summed E-state index contributed by atoms with van der Waals surface area (Å²) in [5.74, 6) is -0.687. The molecule has 1 heterocycles. The average molecular weight is 332 g/mol. The third-order valence-electron chi connectivity index (χ3n) is 3.35. The number of aromatic nitrogens is 2. The highest BCUT2D eigenvalue weighted by Crippen LogP contribution is 2.17. The van der Waals surface area contributed by atoms with Crippen LogP contribution in [0.5, 0.6) is 0 Å². The first-order valence-electron chi connectivity index (χ1n) is 7.01. The molecule has 0 aliphatic heterocycles. The molecule has 0 saturated heterocycles. The molecule has 8 heteroatoms. The molecule has 2 aromatic rings. The first kappa shape index (κ1) is 16.9. The Balaban J connectivity index is 2.20. The van der Waals surface area contributed by atoms with E-state index in [1.54, 1.807) is 6.92 Å². The Morgan fingerprint density at radius 1 is 1.22 bits per heavy atom. The van der Waals surface area contributed by atoms with Crippen LogP contribution in [0.25, 0.3) is 0 Å². The van der Waals surface area contributed by atoms with E-state index in [1.165, 1.54) is 24.3 Å². The number of nitroso groups, excluding NO2 is 1. The van der Waals surface area contributed by atoms with E-state index in [1.807, 2.05) is 13.8 Å². The zero-order valence-corrected chi connectivity index (χ0v) is 13.8. The van der Waals surface area contributed by atoms with Crippen molar-refractivity contribution < 1.29 is 9.59 Å². The predicted octanol–water partition coefficient (Wildman–Crippen LogP) is 2.88. The number of Topliss-reactive ketones (excluding diaryl/α,β-unsaturated/α-hetero) is 1. The van der Waals surface area contributed by atoms with E-state index in [-0.39, 0.29) is 23.3 Å². The molecule has 1 amide bonds. The van der Waals surface area contributed by atoms with Crippen molar-refractivity contribution >= 4 is 28.9 Å². The van der Waals surface area contributed by atoms with Gasteiger partial charge in [-0.2, -0.15) is 0 Å². The second-order valence-corrected chi connectivity index (χ2v) is 6.14. The lowest BCUT2D eigenvalue weighted by atomic mass is 9.94. The normalized spacial score (nSPS) is 12.0. The largest absolute Gasteiger partial charge is 0.341 e. The second kappa shape index (κ2) is 7.19. The van der Waals surface area contributed by atoms with Gasteiger partial charge in [0.25, 0.3) is 5.91 Å². The van der Waals surface area contributed by atoms with E-state index in [0.29, 0.717) is 16.1 Å². The minimum Gasteiger partial charge on any atom is -0.341 e. The summed E-state index contributed by atoms with van der Waals surface area (Å²) in [6.07, 6.45) is 0. The first-order chi connectivity index (χ1) is 10.9. The second-order valence-electron chi connectivity index (χ2n) is 5.39. The smallest absolute Gasteiger partial charge is 0.265 e. The lowest BCUT2D eigenvalue weighted by Gasteiger charge is -2.21. The van der Waals surface area contributed by atoms with Crippen molar-refractivity contribution in [2.45, 2.75) is 26.8 Å². The van der Waals surface area contributed by atoms with Crippen molar-refractivity contribution in [3.63, 3.8) is 0 Å². The fourth-order valence-corrected chi connectivity index (χ4v) is 2.61. The minimum atomic E-state index is -0.681. The quantitative estimate of drug-likeness (QED) is 0.647. The van der Waals surface area contributed by atoms with Gasteiger partial charge in [-0.1, -0.05) is 18.3 Å². The highest BCUT2D eigenvalue weighted by Gasteiger charge is 2.27. The molecular weight excluding hydrogens is 316 g/mol. The van der Waals surface area contributed by atoms with Crippen LogP contribution < -0.4 is 5.32 Å². The fraction of sp³-hybridized carbons (Fsp3) is 0.333. The van der Waals surface area contributed by atoms with Crippen molar-refractivity contribution in [1.82, 2.24) is 14.9 Å². The topological polar surface area (TPSA) is 101 Å². The molecule has 2 rings (SSSR count). The number of aryl methyl sites for hydroxylation is 1. The third kappa shape index (κ3) is 3.84. The molecule has 0 fully saturated rings. The monoisotopic (exact) mass is 332 g/mol. The molecule has 0 aliphatic carbocycles. The van der Waals surface area contributed by atoms with E-state index >= 15 is 0 Å². The van der Waals surface area contributed by atoms with Crippen molar-refractivity contribution in [3.05, 3.63) is 45.3 Å². The van der Waals surface area contributed by atoms with Gasteiger partial charge in [-0.15, -0.1) is 10.0 Å². The molecule has 1 atom stereocenters. The minimum absolute atomic E-state index is 0.100. The lowest BCUT2D eigenvalue weighted by molar-refractivity contribution is 0.0833. The lowest BCUT2D eigenvalue weighted by Crippen LogP contribution is -2.44. The summed E-state index contributed by atoms with van der Waals surface area (Å²) in [4.78, 5) is 35.7. The fourth-order valence-electron chi connectivity index (χ4n) is 2.05. The van der Waals surface area contributed by atoms with Gasteiger partial charge in [0.2, 0.25) is 0 Å².